The molecule has 17 heavy (non-hydrogen) atoms. The topological polar surface area (TPSA) is 12.0 Å². The minimum atomic E-state index is 0.648. The van der Waals surface area contributed by atoms with Gasteiger partial charge in [0.2, 0.25) is 0 Å². The molecule has 0 aliphatic heterocycles. The molecule has 94 valence electrons. The number of hydrogen-bond acceptors (Lipinski definition) is 1. The lowest BCUT2D eigenvalue weighted by Gasteiger charge is -2.13. The van der Waals surface area contributed by atoms with Gasteiger partial charge in [0.1, 0.15) is 0 Å². The Kier molecular flexibility index (Phi) is 5.06. The molecule has 1 fully saturated rings. The van der Waals surface area contributed by atoms with Gasteiger partial charge in [0, 0.05) is 6.04 Å². The Morgan fingerprint density at radius 1 is 1.24 bits per heavy atom. The van der Waals surface area contributed by atoms with Crippen LogP contribution in [0.4, 0.5) is 0 Å². The van der Waals surface area contributed by atoms with Crippen LogP contribution in [0.5, 0.6) is 0 Å². The van der Waals surface area contributed by atoms with Gasteiger partial charge in [0.05, 0.1) is 0 Å². The molecule has 1 nitrogen and oxygen atoms in total. The first kappa shape index (κ1) is 12.6. The largest absolute Gasteiger partial charge is 0.314 e. The molecule has 0 bridgehead atoms. The zero-order valence-corrected chi connectivity index (χ0v) is 11.0. The highest BCUT2D eigenvalue weighted by molar-refractivity contribution is 5.14. The molecule has 2 rings (SSSR count). The minimum absolute atomic E-state index is 0.648. The molecule has 1 aliphatic carbocycles. The molecule has 0 spiro atoms. The Bertz CT molecular complexity index is 303. The van der Waals surface area contributed by atoms with Gasteiger partial charge in [-0.05, 0) is 50.6 Å². The van der Waals surface area contributed by atoms with E-state index in [2.05, 4.69) is 42.6 Å². The molecule has 1 atom stereocenters. The van der Waals surface area contributed by atoms with Gasteiger partial charge >= 0.3 is 0 Å². The van der Waals surface area contributed by atoms with Crippen molar-refractivity contribution in [2.75, 3.05) is 6.54 Å². The van der Waals surface area contributed by atoms with Gasteiger partial charge in [-0.3, -0.25) is 0 Å². The average molecular weight is 231 g/mol. The van der Waals surface area contributed by atoms with E-state index >= 15 is 0 Å². The summed E-state index contributed by atoms with van der Waals surface area (Å²) >= 11 is 0. The molecule has 0 saturated heterocycles. The maximum Gasteiger partial charge on any atom is 0.00418 e. The van der Waals surface area contributed by atoms with Crippen LogP contribution >= 0.6 is 0 Å². The molecule has 1 aromatic rings. The first-order chi connectivity index (χ1) is 8.34. The minimum Gasteiger partial charge on any atom is -0.314 e. The Morgan fingerprint density at radius 2 is 2.00 bits per heavy atom. The lowest BCUT2D eigenvalue weighted by molar-refractivity contribution is 0.493. The van der Waals surface area contributed by atoms with Gasteiger partial charge in [-0.2, -0.15) is 0 Å². The van der Waals surface area contributed by atoms with Gasteiger partial charge in [0.25, 0.3) is 0 Å². The Balaban J connectivity index is 1.52. The van der Waals surface area contributed by atoms with Gasteiger partial charge in [-0.15, -0.1) is 0 Å². The van der Waals surface area contributed by atoms with E-state index in [0.717, 1.165) is 5.92 Å². The molecule has 1 aromatic carbocycles. The molecule has 1 N–H and O–H groups in total. The quantitative estimate of drug-likeness (QED) is 0.671. The molecule has 0 aromatic heterocycles. The van der Waals surface area contributed by atoms with E-state index in [1.807, 2.05) is 0 Å². The van der Waals surface area contributed by atoms with Gasteiger partial charge < -0.3 is 5.32 Å². The third kappa shape index (κ3) is 5.36. The Hall–Kier alpha value is -0.820. The second-order valence-electron chi connectivity index (χ2n) is 5.47. The van der Waals surface area contributed by atoms with Crippen molar-refractivity contribution in [1.82, 2.24) is 5.32 Å². The molecule has 1 heteroatoms. The lowest BCUT2D eigenvalue weighted by Crippen LogP contribution is -2.27. The van der Waals surface area contributed by atoms with Crippen molar-refractivity contribution in [2.24, 2.45) is 5.92 Å². The van der Waals surface area contributed by atoms with E-state index in [4.69, 9.17) is 0 Å². The predicted molar refractivity (Wildman–Crippen MR) is 74.2 cm³/mol. The fourth-order valence-corrected chi connectivity index (χ4v) is 2.28. The van der Waals surface area contributed by atoms with E-state index in [-0.39, 0.29) is 0 Å². The highest BCUT2D eigenvalue weighted by Crippen LogP contribution is 2.33. The van der Waals surface area contributed by atoms with Crippen LogP contribution in [0, 0.1) is 5.92 Å². The van der Waals surface area contributed by atoms with E-state index < -0.39 is 0 Å². The molecule has 1 saturated carbocycles. The number of aryl methyl sites for hydroxylation is 1. The number of nitrogens with one attached hydrogen (secondary N) is 1. The number of hydrogen-bond donors (Lipinski definition) is 1. The van der Waals surface area contributed by atoms with Crippen molar-refractivity contribution < 1.29 is 0 Å². The maximum absolute atomic E-state index is 3.64. The SMILES string of the molecule is CC(CCc1ccccc1)NCCCC1CC1. The summed E-state index contributed by atoms with van der Waals surface area (Å²) in [5, 5.41) is 3.64. The first-order valence-electron chi connectivity index (χ1n) is 7.12. The van der Waals surface area contributed by atoms with Crippen LogP contribution in [0.2, 0.25) is 0 Å². The van der Waals surface area contributed by atoms with Crippen LogP contribution < -0.4 is 5.32 Å². The molecule has 0 radical (unpaired) electrons. The monoisotopic (exact) mass is 231 g/mol. The third-order valence-corrected chi connectivity index (χ3v) is 3.69. The fourth-order valence-electron chi connectivity index (χ4n) is 2.28. The van der Waals surface area contributed by atoms with E-state index in [1.54, 1.807) is 0 Å². The Labute approximate surface area is 106 Å². The second kappa shape index (κ2) is 6.80. The van der Waals surface area contributed by atoms with Crippen LogP contribution in [0.3, 0.4) is 0 Å². The second-order valence-corrected chi connectivity index (χ2v) is 5.47. The van der Waals surface area contributed by atoms with Crippen molar-refractivity contribution in [1.29, 1.82) is 0 Å². The van der Waals surface area contributed by atoms with E-state index in [0.29, 0.717) is 6.04 Å². The fraction of sp³-hybridized carbons (Fsp3) is 0.625. The molecule has 0 amide bonds. The first-order valence-corrected chi connectivity index (χ1v) is 7.12. The normalized spacial score (nSPS) is 17.0. The third-order valence-electron chi connectivity index (χ3n) is 3.69. The lowest BCUT2D eigenvalue weighted by atomic mass is 10.1. The highest BCUT2D eigenvalue weighted by Gasteiger charge is 2.19. The summed E-state index contributed by atoms with van der Waals surface area (Å²) in [5.74, 6) is 1.08. The van der Waals surface area contributed by atoms with Crippen molar-refractivity contribution in [3.63, 3.8) is 0 Å². The summed E-state index contributed by atoms with van der Waals surface area (Å²) in [6, 6.07) is 11.4. The highest BCUT2D eigenvalue weighted by atomic mass is 14.9. The predicted octanol–water partition coefficient (Wildman–Crippen LogP) is 3.79. The Morgan fingerprint density at radius 3 is 2.71 bits per heavy atom. The average Bonchev–Trinajstić information content (AvgIpc) is 3.17. The van der Waals surface area contributed by atoms with Gasteiger partial charge in [0.15, 0.2) is 0 Å². The van der Waals surface area contributed by atoms with Crippen molar-refractivity contribution in [3.05, 3.63) is 35.9 Å². The van der Waals surface area contributed by atoms with E-state index in [9.17, 15) is 0 Å². The molecule has 1 unspecified atom stereocenters. The van der Waals surface area contributed by atoms with Crippen molar-refractivity contribution in [3.8, 4) is 0 Å². The molecule has 1 aliphatic rings. The molecular formula is C16H25N. The van der Waals surface area contributed by atoms with Crippen molar-refractivity contribution in [2.45, 2.75) is 51.5 Å². The summed E-state index contributed by atoms with van der Waals surface area (Å²) in [4.78, 5) is 0. The van der Waals surface area contributed by atoms with Crippen molar-refractivity contribution >= 4 is 0 Å². The maximum atomic E-state index is 3.64. The van der Waals surface area contributed by atoms with Gasteiger partial charge in [-0.25, -0.2) is 0 Å². The number of benzene rings is 1. The zero-order chi connectivity index (χ0) is 11.9. The summed E-state index contributed by atoms with van der Waals surface area (Å²) in [5.41, 5.74) is 1.46. The molecular weight excluding hydrogens is 206 g/mol. The number of rotatable bonds is 8. The summed E-state index contributed by atoms with van der Waals surface area (Å²) in [6.07, 6.45) is 8.22. The summed E-state index contributed by atoms with van der Waals surface area (Å²) in [6.45, 7) is 3.51. The van der Waals surface area contributed by atoms with Crippen LogP contribution in [-0.2, 0) is 6.42 Å². The summed E-state index contributed by atoms with van der Waals surface area (Å²) in [7, 11) is 0. The van der Waals surface area contributed by atoms with Gasteiger partial charge in [-0.1, -0.05) is 43.2 Å². The summed E-state index contributed by atoms with van der Waals surface area (Å²) < 4.78 is 0. The van der Waals surface area contributed by atoms with Crippen LogP contribution in [0.1, 0.15) is 44.6 Å². The smallest absolute Gasteiger partial charge is 0.00418 e. The molecule has 0 heterocycles. The standard InChI is InChI=1S/C16H25N/c1-14(17-13-5-8-16-11-12-16)9-10-15-6-3-2-4-7-15/h2-4,6-7,14,16-17H,5,8-13H2,1H3. The zero-order valence-electron chi connectivity index (χ0n) is 11.0. The van der Waals surface area contributed by atoms with Crippen LogP contribution in [0.25, 0.3) is 0 Å². The van der Waals surface area contributed by atoms with Crippen LogP contribution in [0.15, 0.2) is 30.3 Å². The van der Waals surface area contributed by atoms with Crippen LogP contribution in [-0.4, -0.2) is 12.6 Å². The van der Waals surface area contributed by atoms with E-state index in [1.165, 1.54) is 50.6 Å².